The third-order valence-corrected chi connectivity index (χ3v) is 4.98. The Morgan fingerprint density at radius 2 is 1.88 bits per heavy atom. The fraction of sp³-hybridized carbons (Fsp3) is 0.350. The van der Waals surface area contributed by atoms with E-state index < -0.39 is 0 Å². The Kier molecular flexibility index (Phi) is 5.16. The van der Waals surface area contributed by atoms with Crippen LogP contribution in [0.5, 0.6) is 0 Å². The molecular formula is C20H25N3O. The smallest absolute Gasteiger partial charge is 0.257 e. The minimum Gasteiger partial charge on any atom is -0.398 e. The van der Waals surface area contributed by atoms with Crippen molar-refractivity contribution in [3.8, 4) is 0 Å². The number of nitrogens with one attached hydrogen (secondary N) is 1. The lowest BCUT2D eigenvalue weighted by Gasteiger charge is -2.33. The summed E-state index contributed by atoms with van der Waals surface area (Å²) < 4.78 is 0. The van der Waals surface area contributed by atoms with Gasteiger partial charge in [-0.2, -0.15) is 0 Å². The predicted molar refractivity (Wildman–Crippen MR) is 98.3 cm³/mol. The van der Waals surface area contributed by atoms with E-state index in [0.29, 0.717) is 17.2 Å². The van der Waals surface area contributed by atoms with Gasteiger partial charge in [0.1, 0.15) is 0 Å². The molecular weight excluding hydrogens is 298 g/mol. The fourth-order valence-corrected chi connectivity index (χ4v) is 3.43. The van der Waals surface area contributed by atoms with Crippen molar-refractivity contribution in [3.05, 3.63) is 75.7 Å². The molecule has 0 radical (unpaired) electrons. The maximum absolute atomic E-state index is 11.9. The molecule has 1 aliphatic heterocycles. The second-order valence-corrected chi connectivity index (χ2v) is 6.55. The van der Waals surface area contributed by atoms with Crippen LogP contribution >= 0.6 is 0 Å². The number of hydrogen-bond donors (Lipinski definition) is 2. The van der Waals surface area contributed by atoms with E-state index in [2.05, 4.69) is 47.1 Å². The second-order valence-electron chi connectivity index (χ2n) is 6.55. The van der Waals surface area contributed by atoms with Gasteiger partial charge in [-0.15, -0.1) is 0 Å². The summed E-state index contributed by atoms with van der Waals surface area (Å²) in [6.07, 6.45) is 3.81. The number of pyridine rings is 1. The van der Waals surface area contributed by atoms with Crippen LogP contribution in [0, 0.1) is 5.92 Å². The Balaban J connectivity index is 1.65. The van der Waals surface area contributed by atoms with Gasteiger partial charge < -0.3 is 10.7 Å². The molecule has 4 nitrogen and oxygen atoms in total. The molecule has 1 saturated heterocycles. The first-order valence-electron chi connectivity index (χ1n) is 8.55. The molecule has 3 N–H and O–H groups in total. The molecule has 1 fully saturated rings. The fourth-order valence-electron chi connectivity index (χ4n) is 3.43. The Morgan fingerprint density at radius 1 is 1.17 bits per heavy atom. The maximum atomic E-state index is 11.9. The number of nitrogens with two attached hydrogens (primary N) is 1. The van der Waals surface area contributed by atoms with Crippen molar-refractivity contribution in [1.82, 2.24) is 9.88 Å². The number of benzene rings is 1. The van der Waals surface area contributed by atoms with E-state index in [1.54, 1.807) is 12.3 Å². The number of allylic oxidation sites excluding steroid dienone is 1. The van der Waals surface area contributed by atoms with Gasteiger partial charge in [-0.1, -0.05) is 30.3 Å². The highest BCUT2D eigenvalue weighted by Gasteiger charge is 2.22. The van der Waals surface area contributed by atoms with Crippen LogP contribution in [0.25, 0.3) is 5.70 Å². The van der Waals surface area contributed by atoms with E-state index >= 15 is 0 Å². The molecule has 2 heterocycles. The van der Waals surface area contributed by atoms with Crippen molar-refractivity contribution in [1.29, 1.82) is 0 Å². The average molecular weight is 323 g/mol. The molecule has 0 bridgehead atoms. The molecule has 0 unspecified atom stereocenters. The molecule has 0 spiro atoms. The first kappa shape index (κ1) is 16.5. The van der Waals surface area contributed by atoms with Crippen LogP contribution in [0.2, 0.25) is 0 Å². The molecule has 0 atom stereocenters. The van der Waals surface area contributed by atoms with E-state index in [4.69, 9.17) is 5.73 Å². The quantitative estimate of drug-likeness (QED) is 0.909. The van der Waals surface area contributed by atoms with Gasteiger partial charge in [0.2, 0.25) is 0 Å². The molecule has 1 aromatic heterocycles. The Labute approximate surface area is 143 Å². The molecule has 24 heavy (non-hydrogen) atoms. The lowest BCUT2D eigenvalue weighted by Crippen LogP contribution is -2.34. The number of H-pyrrole nitrogens is 1. The molecule has 126 valence electrons. The molecule has 4 heteroatoms. The molecule has 0 saturated carbocycles. The maximum Gasteiger partial charge on any atom is 0.257 e. The van der Waals surface area contributed by atoms with Gasteiger partial charge in [0, 0.05) is 18.4 Å². The summed E-state index contributed by atoms with van der Waals surface area (Å²) in [7, 11) is 0. The number of rotatable bonds is 4. The van der Waals surface area contributed by atoms with Crippen molar-refractivity contribution in [2.45, 2.75) is 26.3 Å². The summed E-state index contributed by atoms with van der Waals surface area (Å²) >= 11 is 0. The minimum absolute atomic E-state index is 0.115. The highest BCUT2D eigenvalue weighted by molar-refractivity contribution is 5.65. The lowest BCUT2D eigenvalue weighted by atomic mass is 9.87. The Hall–Kier alpha value is -2.33. The third kappa shape index (κ3) is 3.77. The van der Waals surface area contributed by atoms with E-state index in [-0.39, 0.29) is 5.56 Å². The lowest BCUT2D eigenvalue weighted by molar-refractivity contribution is 0.191. The third-order valence-electron chi connectivity index (χ3n) is 4.98. The summed E-state index contributed by atoms with van der Waals surface area (Å²) in [6.45, 7) is 5.20. The van der Waals surface area contributed by atoms with Crippen molar-refractivity contribution in [3.63, 3.8) is 0 Å². The van der Waals surface area contributed by atoms with E-state index in [1.807, 2.05) is 6.07 Å². The van der Waals surface area contributed by atoms with Crippen molar-refractivity contribution in [2.24, 2.45) is 11.7 Å². The van der Waals surface area contributed by atoms with Crippen LogP contribution in [0.15, 0.2) is 59.0 Å². The van der Waals surface area contributed by atoms with Gasteiger partial charge in [0.25, 0.3) is 5.56 Å². The number of aromatic amines is 1. The number of piperidine rings is 1. The standard InChI is InChI=1S/C20H25N3O/c1-15(19(21)18-8-5-11-22-20(18)24)17-9-12-23(13-10-17)14-16-6-3-2-4-7-16/h2-8,11,17H,9-10,12-14,21H2,1H3,(H,22,24)/b19-15+. The zero-order valence-electron chi connectivity index (χ0n) is 14.2. The topological polar surface area (TPSA) is 62.1 Å². The molecule has 1 aromatic carbocycles. The average Bonchev–Trinajstić information content (AvgIpc) is 2.62. The van der Waals surface area contributed by atoms with Crippen LogP contribution in [-0.4, -0.2) is 23.0 Å². The summed E-state index contributed by atoms with van der Waals surface area (Å²) in [5.74, 6) is 0.455. The van der Waals surface area contributed by atoms with Crippen LogP contribution in [0.1, 0.15) is 30.9 Å². The minimum atomic E-state index is -0.115. The van der Waals surface area contributed by atoms with Crippen LogP contribution in [0.3, 0.4) is 0 Å². The normalized spacial score (nSPS) is 17.5. The molecule has 0 aliphatic carbocycles. The zero-order chi connectivity index (χ0) is 16.9. The first-order chi connectivity index (χ1) is 11.6. The van der Waals surface area contributed by atoms with Crippen LogP contribution in [0.4, 0.5) is 0 Å². The van der Waals surface area contributed by atoms with E-state index in [1.165, 1.54) is 5.56 Å². The van der Waals surface area contributed by atoms with Gasteiger partial charge in [0.05, 0.1) is 5.56 Å². The number of aromatic nitrogens is 1. The monoisotopic (exact) mass is 323 g/mol. The Morgan fingerprint density at radius 3 is 2.54 bits per heavy atom. The molecule has 0 amide bonds. The molecule has 1 aliphatic rings. The summed E-state index contributed by atoms with van der Waals surface area (Å²) in [5.41, 5.74) is 9.89. The summed E-state index contributed by atoms with van der Waals surface area (Å²) in [6, 6.07) is 14.2. The number of likely N-dealkylation sites (tertiary alicyclic amines) is 1. The van der Waals surface area contributed by atoms with Gasteiger partial charge in [-0.25, -0.2) is 0 Å². The highest BCUT2D eigenvalue weighted by Crippen LogP contribution is 2.28. The van der Waals surface area contributed by atoms with E-state index in [0.717, 1.165) is 38.0 Å². The van der Waals surface area contributed by atoms with Crippen molar-refractivity contribution >= 4 is 5.70 Å². The van der Waals surface area contributed by atoms with Gasteiger partial charge >= 0.3 is 0 Å². The van der Waals surface area contributed by atoms with E-state index in [9.17, 15) is 4.79 Å². The van der Waals surface area contributed by atoms with Crippen LogP contribution in [-0.2, 0) is 6.54 Å². The number of nitrogens with zero attached hydrogens (tertiary/aromatic N) is 1. The zero-order valence-corrected chi connectivity index (χ0v) is 14.2. The summed E-state index contributed by atoms with van der Waals surface area (Å²) in [4.78, 5) is 17.1. The largest absolute Gasteiger partial charge is 0.398 e. The number of hydrogen-bond acceptors (Lipinski definition) is 3. The Bertz CT molecular complexity index is 756. The predicted octanol–water partition coefficient (Wildman–Crippen LogP) is 2.98. The van der Waals surface area contributed by atoms with Crippen molar-refractivity contribution in [2.75, 3.05) is 13.1 Å². The van der Waals surface area contributed by atoms with Gasteiger partial charge in [0.15, 0.2) is 0 Å². The van der Waals surface area contributed by atoms with Gasteiger partial charge in [-0.3, -0.25) is 9.69 Å². The van der Waals surface area contributed by atoms with Crippen molar-refractivity contribution < 1.29 is 0 Å². The SMILES string of the molecule is C/C(=C(\N)c1ccc[nH]c1=O)C1CCN(Cc2ccccc2)CC1. The highest BCUT2D eigenvalue weighted by atomic mass is 16.1. The molecule has 2 aromatic rings. The second kappa shape index (κ2) is 7.49. The van der Waals surface area contributed by atoms with Crippen LogP contribution < -0.4 is 11.3 Å². The summed E-state index contributed by atoms with van der Waals surface area (Å²) in [5, 5.41) is 0. The molecule has 3 rings (SSSR count). The first-order valence-corrected chi connectivity index (χ1v) is 8.55. The van der Waals surface area contributed by atoms with Gasteiger partial charge in [-0.05, 0) is 62.0 Å².